The maximum absolute atomic E-state index is 11.9. The highest BCUT2D eigenvalue weighted by molar-refractivity contribution is 5.99. The largest absolute Gasteiger partial charge is 0.479 e. The van der Waals surface area contributed by atoms with E-state index in [1.807, 2.05) is 13.0 Å². The van der Waals surface area contributed by atoms with Gasteiger partial charge in [-0.2, -0.15) is 0 Å². The van der Waals surface area contributed by atoms with Crippen molar-refractivity contribution in [2.45, 2.75) is 25.3 Å². The Kier molecular flexibility index (Phi) is 6.11. The van der Waals surface area contributed by atoms with E-state index in [2.05, 4.69) is 5.32 Å². The highest BCUT2D eigenvalue weighted by atomic mass is 16.4. The summed E-state index contributed by atoms with van der Waals surface area (Å²) in [4.78, 5) is 33.3. The Labute approximate surface area is 151 Å². The minimum Gasteiger partial charge on any atom is -0.479 e. The first kappa shape index (κ1) is 19.2. The molecule has 3 N–H and O–H groups in total. The number of nitrogens with one attached hydrogen (secondary N) is 1. The molecule has 6 heteroatoms. The van der Waals surface area contributed by atoms with E-state index in [-0.39, 0.29) is 11.8 Å². The van der Waals surface area contributed by atoms with Gasteiger partial charge in [0, 0.05) is 5.56 Å². The van der Waals surface area contributed by atoms with Gasteiger partial charge in [0.1, 0.15) is 5.54 Å². The summed E-state index contributed by atoms with van der Waals surface area (Å²) in [7, 11) is 0. The summed E-state index contributed by atoms with van der Waals surface area (Å²) in [6, 6.07) is 17.0. The van der Waals surface area contributed by atoms with Gasteiger partial charge in [0.05, 0.1) is 5.56 Å². The molecule has 136 valence electrons. The molecule has 0 aromatic heterocycles. The van der Waals surface area contributed by atoms with Crippen LogP contribution in [0.5, 0.6) is 0 Å². The highest BCUT2D eigenvalue weighted by Crippen LogP contribution is 2.46. The molecule has 26 heavy (non-hydrogen) atoms. The third-order valence-corrected chi connectivity index (χ3v) is 4.37. The molecule has 2 aromatic rings. The van der Waals surface area contributed by atoms with Crippen molar-refractivity contribution in [3.05, 3.63) is 71.8 Å². The molecule has 0 heterocycles. The van der Waals surface area contributed by atoms with E-state index in [1.165, 1.54) is 0 Å². The van der Waals surface area contributed by atoms with Gasteiger partial charge in [-0.15, -0.1) is 0 Å². The number of hydrogen-bond donors (Lipinski definition) is 3. The molecule has 1 aliphatic rings. The van der Waals surface area contributed by atoms with Crippen LogP contribution in [0.2, 0.25) is 0 Å². The number of benzene rings is 2. The van der Waals surface area contributed by atoms with Crippen LogP contribution in [0.1, 0.15) is 40.5 Å². The number of hydrogen-bond acceptors (Lipinski definition) is 3. The minimum atomic E-state index is -1.04. The van der Waals surface area contributed by atoms with Crippen LogP contribution in [0, 0.1) is 5.92 Å². The van der Waals surface area contributed by atoms with Crippen molar-refractivity contribution >= 4 is 17.8 Å². The fraction of sp³-hybridized carbons (Fsp3) is 0.250. The summed E-state index contributed by atoms with van der Waals surface area (Å²) >= 11 is 0. The molecule has 1 amide bonds. The van der Waals surface area contributed by atoms with E-state index in [4.69, 9.17) is 5.11 Å². The molecule has 1 aliphatic carbocycles. The van der Waals surface area contributed by atoms with Crippen LogP contribution in [0.4, 0.5) is 0 Å². The molecule has 2 aromatic carbocycles. The zero-order valence-corrected chi connectivity index (χ0v) is 14.4. The fourth-order valence-electron chi connectivity index (χ4n) is 2.74. The molecule has 0 aliphatic heterocycles. The van der Waals surface area contributed by atoms with Crippen LogP contribution < -0.4 is 5.32 Å². The second-order valence-electron chi connectivity index (χ2n) is 6.08. The molecule has 0 bridgehead atoms. The number of carbonyl (C=O) groups is 3. The SMILES string of the molecule is CCC1CC1(NC(=O)c1ccccc1)C(=O)O.O=C(O)c1ccccc1. The van der Waals surface area contributed by atoms with Crippen LogP contribution in [0.25, 0.3) is 0 Å². The van der Waals surface area contributed by atoms with E-state index in [0.29, 0.717) is 17.5 Å². The molecule has 0 saturated heterocycles. The van der Waals surface area contributed by atoms with Crippen molar-refractivity contribution < 1.29 is 24.6 Å². The molecule has 3 rings (SSSR count). The Morgan fingerprint density at radius 2 is 1.46 bits per heavy atom. The van der Waals surface area contributed by atoms with Gasteiger partial charge in [0.25, 0.3) is 5.91 Å². The summed E-state index contributed by atoms with van der Waals surface area (Å²) in [6.45, 7) is 1.93. The first-order valence-electron chi connectivity index (χ1n) is 8.30. The Morgan fingerprint density at radius 3 is 1.81 bits per heavy atom. The number of aromatic carboxylic acids is 1. The van der Waals surface area contributed by atoms with E-state index < -0.39 is 17.5 Å². The Morgan fingerprint density at radius 1 is 0.962 bits per heavy atom. The predicted molar refractivity (Wildman–Crippen MR) is 96.1 cm³/mol. The van der Waals surface area contributed by atoms with Crippen molar-refractivity contribution in [2.75, 3.05) is 0 Å². The quantitative estimate of drug-likeness (QED) is 0.765. The molecular formula is C20H21NO5. The summed E-state index contributed by atoms with van der Waals surface area (Å²) < 4.78 is 0. The van der Waals surface area contributed by atoms with Gasteiger partial charge in [-0.05, 0) is 36.6 Å². The standard InChI is InChI=1S/C13H15NO3.C7H6O2/c1-2-10-8-13(10,12(16)17)14-11(15)9-6-4-3-5-7-9;8-7(9)6-4-2-1-3-5-6/h3-7,10H,2,8H2,1H3,(H,14,15)(H,16,17);1-5H,(H,8,9). The Hall–Kier alpha value is -3.15. The average molecular weight is 355 g/mol. The zero-order chi connectivity index (χ0) is 19.2. The minimum absolute atomic E-state index is 0.0488. The molecule has 0 spiro atoms. The molecule has 2 atom stereocenters. The van der Waals surface area contributed by atoms with Crippen LogP contribution in [0.15, 0.2) is 60.7 Å². The van der Waals surface area contributed by atoms with Gasteiger partial charge in [-0.3, -0.25) is 4.79 Å². The highest BCUT2D eigenvalue weighted by Gasteiger charge is 2.60. The number of carboxylic acid groups (broad SMARTS) is 2. The lowest BCUT2D eigenvalue weighted by molar-refractivity contribution is -0.140. The predicted octanol–water partition coefficient (Wildman–Crippen LogP) is 3.05. The van der Waals surface area contributed by atoms with E-state index in [0.717, 1.165) is 6.42 Å². The lowest BCUT2D eigenvalue weighted by Gasteiger charge is -2.14. The number of amides is 1. The molecule has 0 radical (unpaired) electrons. The summed E-state index contributed by atoms with van der Waals surface area (Å²) in [5.41, 5.74) is -0.214. The van der Waals surface area contributed by atoms with E-state index >= 15 is 0 Å². The maximum atomic E-state index is 11.9. The molecule has 1 saturated carbocycles. The molecule has 1 fully saturated rings. The molecule has 6 nitrogen and oxygen atoms in total. The second-order valence-corrected chi connectivity index (χ2v) is 6.08. The summed E-state index contributed by atoms with van der Waals surface area (Å²) in [6.07, 6.45) is 1.29. The van der Waals surface area contributed by atoms with Gasteiger partial charge >= 0.3 is 11.9 Å². The maximum Gasteiger partial charge on any atom is 0.335 e. The Balaban J connectivity index is 0.000000228. The van der Waals surface area contributed by atoms with Crippen LogP contribution in [0.3, 0.4) is 0 Å². The third-order valence-electron chi connectivity index (χ3n) is 4.37. The topological polar surface area (TPSA) is 104 Å². The van der Waals surface area contributed by atoms with Gasteiger partial charge in [-0.1, -0.05) is 49.7 Å². The first-order chi connectivity index (χ1) is 12.4. The van der Waals surface area contributed by atoms with Gasteiger partial charge in [0.2, 0.25) is 0 Å². The van der Waals surface area contributed by atoms with Crippen LogP contribution in [-0.4, -0.2) is 33.6 Å². The Bertz CT molecular complexity index is 775. The second kappa shape index (κ2) is 8.29. The lowest BCUT2D eigenvalue weighted by Crippen LogP contribution is -2.44. The number of carbonyl (C=O) groups excluding carboxylic acids is 1. The van der Waals surface area contributed by atoms with Crippen molar-refractivity contribution in [3.63, 3.8) is 0 Å². The van der Waals surface area contributed by atoms with Crippen LogP contribution >= 0.6 is 0 Å². The number of rotatable bonds is 5. The van der Waals surface area contributed by atoms with Gasteiger partial charge < -0.3 is 15.5 Å². The third kappa shape index (κ3) is 4.47. The van der Waals surface area contributed by atoms with Gasteiger partial charge in [0.15, 0.2) is 0 Å². The smallest absolute Gasteiger partial charge is 0.335 e. The van der Waals surface area contributed by atoms with Crippen molar-refractivity contribution in [3.8, 4) is 0 Å². The molecule has 2 unspecified atom stereocenters. The number of carboxylic acids is 2. The summed E-state index contributed by atoms with van der Waals surface area (Å²) in [5, 5.41) is 20.2. The van der Waals surface area contributed by atoms with Crippen molar-refractivity contribution in [1.29, 1.82) is 0 Å². The summed E-state index contributed by atoms with van der Waals surface area (Å²) in [5.74, 6) is -2.08. The lowest BCUT2D eigenvalue weighted by atomic mass is 10.1. The van der Waals surface area contributed by atoms with Crippen molar-refractivity contribution in [2.24, 2.45) is 5.92 Å². The van der Waals surface area contributed by atoms with E-state index in [1.54, 1.807) is 54.6 Å². The fourth-order valence-corrected chi connectivity index (χ4v) is 2.74. The average Bonchev–Trinajstić information content (AvgIpc) is 3.38. The van der Waals surface area contributed by atoms with Gasteiger partial charge in [-0.25, -0.2) is 9.59 Å². The van der Waals surface area contributed by atoms with Crippen molar-refractivity contribution in [1.82, 2.24) is 5.32 Å². The monoisotopic (exact) mass is 355 g/mol. The molecular weight excluding hydrogens is 334 g/mol. The first-order valence-corrected chi connectivity index (χ1v) is 8.30. The van der Waals surface area contributed by atoms with E-state index in [9.17, 15) is 19.5 Å². The zero-order valence-electron chi connectivity index (χ0n) is 14.4. The van der Waals surface area contributed by atoms with Crippen LogP contribution in [-0.2, 0) is 4.79 Å². The number of aliphatic carboxylic acids is 1. The normalized spacial score (nSPS) is 20.3.